The molecule has 9 aromatic heterocycles. The highest BCUT2D eigenvalue weighted by molar-refractivity contribution is 9.10. The van der Waals surface area contributed by atoms with Gasteiger partial charge in [0.05, 0.1) is 69.1 Å². The SMILES string of the molecule is CCCCCOC(=O)Nc1ccc2ccc(CC[C@@]3(CC)C[C@@H](n4ccc5c(N)ccnc54)[C@H](O)[C@@H]3O)cc2n1.CC[C@]1(CCc2cc(F)c3cc(Cl)c(N)nc3c2)C[C@@H](n2ccc3c(N)ccnc32)[C@H](O)[C@@H]1O.CC[C@]1(CCc2ccc3cc(Br)c(N)nc3c2)C[C@@H](n2ccc3c(N)ccnc32)[C@H](O)[C@@H]1O. The van der Waals surface area contributed by atoms with E-state index in [0.717, 1.165) is 122 Å². The van der Waals surface area contributed by atoms with Crippen molar-refractivity contribution in [3.8, 4) is 0 Å². The monoisotopic (exact) mass is 1540 g/mol. The average molecular weight is 1540 g/mol. The molecule has 3 fully saturated rings. The molecule has 0 spiro atoms. The van der Waals surface area contributed by atoms with E-state index in [2.05, 4.69) is 90.1 Å². The Hall–Kier alpha value is -9.31. The van der Waals surface area contributed by atoms with E-state index in [0.29, 0.717) is 96.8 Å². The third kappa shape index (κ3) is 15.0. The molecule has 26 heteroatoms. The zero-order valence-corrected chi connectivity index (χ0v) is 62.8. The number of hydrogen-bond donors (Lipinski definition) is 12. The molecule has 107 heavy (non-hydrogen) atoms. The minimum absolute atomic E-state index is 0.154. The van der Waals surface area contributed by atoms with Crippen LogP contribution in [0.4, 0.5) is 43.7 Å². The summed E-state index contributed by atoms with van der Waals surface area (Å²) in [5.41, 5.74) is 37.8. The number of benzene rings is 3. The number of rotatable bonds is 20. The first-order chi connectivity index (χ1) is 51.4. The summed E-state index contributed by atoms with van der Waals surface area (Å²) in [6.45, 7) is 8.66. The van der Waals surface area contributed by atoms with Crippen LogP contribution in [0.15, 0.2) is 151 Å². The summed E-state index contributed by atoms with van der Waals surface area (Å²) in [7, 11) is 0. The quantitative estimate of drug-likeness (QED) is 0.0315. The Kier molecular flexibility index (Phi) is 22.3. The van der Waals surface area contributed by atoms with Gasteiger partial charge >= 0.3 is 6.09 Å². The van der Waals surface area contributed by atoms with Crippen LogP contribution in [-0.2, 0) is 24.0 Å². The first kappa shape index (κ1) is 75.9. The number of aliphatic hydroxyl groups is 6. The number of fused-ring (bicyclic) bond motifs is 6. The Bertz CT molecular complexity index is 5240. The molecule has 562 valence electrons. The van der Waals surface area contributed by atoms with Crippen molar-refractivity contribution in [1.82, 2.24) is 43.6 Å². The first-order valence-corrected chi connectivity index (χ1v) is 38.0. The highest BCUT2D eigenvalue weighted by Gasteiger charge is 2.54. The number of carbonyl (C=O) groups is 1. The van der Waals surface area contributed by atoms with Gasteiger partial charge in [-0.25, -0.2) is 39.1 Å². The Morgan fingerprint density at radius 2 is 0.963 bits per heavy atom. The standard InChI is InChI=1S/C31H39N5O4.C25H28BrN5O2.C25H27ClFN5O2/c1-3-5-6-17-40-30(39)35-26-10-9-21-8-7-20(18-24(21)34-26)11-14-31(4-2)19-25(27(37)28(31)38)36-16-13-22-23(32)12-15-33-29(22)36;1-2-25(8-5-14-3-4-15-12-17(26)23(28)30-19(15)11-14)13-20(21(32)22(25)33)31-10-7-16-18(27)6-9-29-24(16)31;1-2-25(6-3-13-9-17(27)15-11-16(26)23(29)31-19(15)10-13)12-20(21(33)22(25)34)32-8-5-14-18(28)4-7-30-24(14)32/h7-10,12-13,15-16,18,25,27-28,37-38H,3-6,11,14,17,19H2,1-2H3,(H2,32,33)(H,34,35,39);3-4,6-7,9-12,20-22,32-33H,2,5,8,13H2,1H3,(H2,27,29)(H2,28,30);4-5,7-11,20-22,33-34H,2-3,6,12H2,1H3,(H2,28,30)(H2,29,31)/t25-,27+,28+,31+;2*20-,21+,22+,25+/m111/s1. The predicted octanol–water partition coefficient (Wildman–Crippen LogP) is 14.0. The fourth-order valence-corrected chi connectivity index (χ4v) is 17.4. The molecular weight excluding hydrogens is 1450 g/mol. The summed E-state index contributed by atoms with van der Waals surface area (Å²) in [5, 5.41) is 74.6. The number of amides is 1. The lowest BCUT2D eigenvalue weighted by atomic mass is 9.76. The maximum Gasteiger partial charge on any atom is 0.412 e. The average Bonchev–Trinajstić information content (AvgIpc) is 1.61. The molecule has 0 unspecified atom stereocenters. The molecular formula is C81H94BrClFN15O8. The van der Waals surface area contributed by atoms with Crippen LogP contribution < -0.4 is 34.0 Å². The molecule has 0 bridgehead atoms. The fraction of sp³-hybridized carbons (Fsp3) is 0.395. The topological polar surface area (TPSA) is 382 Å². The van der Waals surface area contributed by atoms with Gasteiger partial charge in [0.1, 0.15) is 58.5 Å². The van der Waals surface area contributed by atoms with Crippen LogP contribution in [0.25, 0.3) is 65.8 Å². The van der Waals surface area contributed by atoms with Gasteiger partial charge in [-0.15, -0.1) is 0 Å². The van der Waals surface area contributed by atoms with E-state index in [1.54, 1.807) is 48.9 Å². The van der Waals surface area contributed by atoms with Crippen molar-refractivity contribution in [3.63, 3.8) is 0 Å². The number of nitrogens with one attached hydrogen (secondary N) is 1. The third-order valence-electron chi connectivity index (χ3n) is 23.5. The summed E-state index contributed by atoms with van der Waals surface area (Å²) >= 11 is 9.42. The molecule has 0 radical (unpaired) electrons. The van der Waals surface area contributed by atoms with Crippen LogP contribution in [0, 0.1) is 22.1 Å². The normalized spacial score (nSPS) is 24.2. The van der Waals surface area contributed by atoms with Gasteiger partial charge in [-0.2, -0.15) is 0 Å². The largest absolute Gasteiger partial charge is 0.449 e. The van der Waals surface area contributed by atoms with Gasteiger partial charge < -0.3 is 77.7 Å². The zero-order valence-electron chi connectivity index (χ0n) is 60.4. The Morgan fingerprint density at radius 1 is 0.533 bits per heavy atom. The lowest BCUT2D eigenvalue weighted by Gasteiger charge is -2.32. The van der Waals surface area contributed by atoms with Crippen molar-refractivity contribution < 1.29 is 44.6 Å². The number of unbranched alkanes of at least 4 members (excludes halogenated alkanes) is 2. The fourth-order valence-electron chi connectivity index (χ4n) is 16.9. The molecule has 0 saturated heterocycles. The number of nitrogens with two attached hydrogens (primary N) is 5. The van der Waals surface area contributed by atoms with Crippen molar-refractivity contribution in [1.29, 1.82) is 0 Å². The van der Waals surface area contributed by atoms with Crippen LogP contribution in [0.2, 0.25) is 5.02 Å². The predicted molar refractivity (Wildman–Crippen MR) is 424 cm³/mol. The molecule has 1 amide bonds. The number of aliphatic hydroxyl groups excluding tert-OH is 6. The molecule has 15 rings (SSSR count). The molecule has 12 atom stereocenters. The van der Waals surface area contributed by atoms with E-state index in [1.807, 2.05) is 87.7 Å². The van der Waals surface area contributed by atoms with E-state index in [9.17, 15) is 39.8 Å². The first-order valence-electron chi connectivity index (χ1n) is 36.9. The highest BCUT2D eigenvalue weighted by atomic mass is 79.9. The smallest absolute Gasteiger partial charge is 0.412 e. The zero-order chi connectivity index (χ0) is 75.8. The molecule has 12 aromatic rings. The number of pyridine rings is 6. The molecule has 3 aliphatic rings. The Morgan fingerprint density at radius 3 is 1.43 bits per heavy atom. The van der Waals surface area contributed by atoms with Crippen molar-refractivity contribution >= 4 is 134 Å². The number of aromatic nitrogens is 9. The second-order valence-electron chi connectivity index (χ2n) is 29.4. The highest BCUT2D eigenvalue weighted by Crippen LogP contribution is 2.54. The molecule has 9 heterocycles. The van der Waals surface area contributed by atoms with Crippen molar-refractivity contribution in [2.75, 3.05) is 40.6 Å². The summed E-state index contributed by atoms with van der Waals surface area (Å²) in [6.07, 6.45) is 15.8. The number of hydrogen-bond acceptors (Lipinski definition) is 19. The lowest BCUT2D eigenvalue weighted by molar-refractivity contribution is -0.0324. The number of aryl methyl sites for hydroxylation is 3. The van der Waals surface area contributed by atoms with E-state index in [-0.39, 0.29) is 29.0 Å². The summed E-state index contributed by atoms with van der Waals surface area (Å²) in [6, 6.07) is 32.8. The summed E-state index contributed by atoms with van der Waals surface area (Å²) in [5.74, 6) is 0.650. The Labute approximate surface area is 632 Å². The third-order valence-corrected chi connectivity index (χ3v) is 24.4. The second-order valence-corrected chi connectivity index (χ2v) is 30.7. The van der Waals surface area contributed by atoms with Gasteiger partial charge in [-0.3, -0.25) is 5.32 Å². The number of anilines is 6. The van der Waals surface area contributed by atoms with Gasteiger partial charge in [-0.1, -0.05) is 76.4 Å². The number of nitrogens with zero attached hydrogens (tertiary/aromatic N) is 9. The lowest BCUT2D eigenvalue weighted by Crippen LogP contribution is -2.36. The number of carbonyl (C=O) groups excluding carboxylic acids is 1. The van der Waals surface area contributed by atoms with Gasteiger partial charge in [0.15, 0.2) is 0 Å². The maximum atomic E-state index is 14.8. The van der Waals surface area contributed by atoms with Gasteiger partial charge in [-0.05, 0) is 201 Å². The van der Waals surface area contributed by atoms with Crippen LogP contribution in [-0.4, -0.2) is 124 Å². The maximum absolute atomic E-state index is 14.8. The van der Waals surface area contributed by atoms with Gasteiger partial charge in [0, 0.05) is 103 Å². The molecule has 3 aromatic carbocycles. The number of ether oxygens (including phenoxy) is 1. The van der Waals surface area contributed by atoms with Crippen molar-refractivity contribution in [3.05, 3.63) is 178 Å². The number of nitrogen functional groups attached to an aromatic ring is 5. The van der Waals surface area contributed by atoms with Crippen molar-refractivity contribution in [2.24, 2.45) is 16.2 Å². The minimum atomic E-state index is -0.962. The molecule has 17 N–H and O–H groups in total. The van der Waals surface area contributed by atoms with Crippen molar-refractivity contribution in [2.45, 2.75) is 179 Å². The van der Waals surface area contributed by atoms with E-state index in [1.165, 1.54) is 12.1 Å². The van der Waals surface area contributed by atoms with E-state index >= 15 is 0 Å². The van der Waals surface area contributed by atoms with E-state index < -0.39 is 64.8 Å². The van der Waals surface area contributed by atoms with Crippen LogP contribution in [0.1, 0.15) is 140 Å². The minimum Gasteiger partial charge on any atom is -0.449 e. The number of halogens is 3. The van der Waals surface area contributed by atoms with Crippen LogP contribution >= 0.6 is 27.5 Å². The van der Waals surface area contributed by atoms with Crippen LogP contribution in [0.3, 0.4) is 0 Å². The molecule has 3 aliphatic carbocycles. The van der Waals surface area contributed by atoms with Crippen LogP contribution in [0.5, 0.6) is 0 Å². The summed E-state index contributed by atoms with van der Waals surface area (Å²) in [4.78, 5) is 38.9. The molecule has 3 saturated carbocycles. The molecule has 23 nitrogen and oxygen atoms in total. The Balaban J connectivity index is 0.000000143. The molecule has 0 aliphatic heterocycles. The van der Waals surface area contributed by atoms with Gasteiger partial charge in [0.25, 0.3) is 0 Å². The second kappa shape index (κ2) is 31.5. The summed E-state index contributed by atoms with van der Waals surface area (Å²) < 4.78 is 26.6. The van der Waals surface area contributed by atoms with Gasteiger partial charge in [0.2, 0.25) is 0 Å². The van der Waals surface area contributed by atoms with E-state index in [4.69, 9.17) is 45.0 Å².